The standard InChI is InChI=1S/C18H22ClNS/c1-3-20-18(16-6-4-5-14(2)11-16)13-21-12-15-7-9-17(19)10-8-15/h4-11,18,20H,3,12-13H2,1-2H3. The molecule has 2 aromatic carbocycles. The van der Waals surface area contributed by atoms with Crippen LogP contribution in [0.25, 0.3) is 0 Å². The molecule has 0 aromatic heterocycles. The molecule has 0 aliphatic rings. The van der Waals surface area contributed by atoms with Crippen LogP contribution in [0, 0.1) is 6.92 Å². The zero-order valence-electron chi connectivity index (χ0n) is 12.6. The molecule has 0 aliphatic carbocycles. The minimum absolute atomic E-state index is 0.409. The smallest absolute Gasteiger partial charge is 0.0411 e. The van der Waals surface area contributed by atoms with Crippen LogP contribution in [0.3, 0.4) is 0 Å². The Bertz CT molecular complexity index is 553. The van der Waals surface area contributed by atoms with Gasteiger partial charge in [-0.3, -0.25) is 0 Å². The van der Waals surface area contributed by atoms with E-state index in [1.807, 2.05) is 23.9 Å². The Balaban J connectivity index is 1.92. The van der Waals surface area contributed by atoms with Crippen molar-refractivity contribution in [3.05, 3.63) is 70.2 Å². The van der Waals surface area contributed by atoms with Gasteiger partial charge in [0.05, 0.1) is 0 Å². The van der Waals surface area contributed by atoms with E-state index >= 15 is 0 Å². The van der Waals surface area contributed by atoms with E-state index in [-0.39, 0.29) is 0 Å². The fourth-order valence-corrected chi connectivity index (χ4v) is 3.50. The maximum atomic E-state index is 5.92. The molecular formula is C18H22ClNS. The Morgan fingerprint density at radius 2 is 1.90 bits per heavy atom. The monoisotopic (exact) mass is 319 g/mol. The summed E-state index contributed by atoms with van der Waals surface area (Å²) in [6.45, 7) is 5.29. The third kappa shape index (κ3) is 5.39. The van der Waals surface area contributed by atoms with Crippen LogP contribution >= 0.6 is 23.4 Å². The van der Waals surface area contributed by atoms with E-state index in [1.54, 1.807) is 0 Å². The van der Waals surface area contributed by atoms with E-state index in [1.165, 1.54) is 16.7 Å². The van der Waals surface area contributed by atoms with E-state index < -0.39 is 0 Å². The SMILES string of the molecule is CCNC(CSCc1ccc(Cl)cc1)c1cccc(C)c1. The molecule has 112 valence electrons. The minimum atomic E-state index is 0.409. The molecule has 0 saturated carbocycles. The molecule has 0 heterocycles. The maximum absolute atomic E-state index is 5.92. The molecule has 3 heteroatoms. The van der Waals surface area contributed by atoms with Crippen molar-refractivity contribution < 1.29 is 0 Å². The molecule has 0 radical (unpaired) electrons. The highest BCUT2D eigenvalue weighted by atomic mass is 35.5. The zero-order valence-corrected chi connectivity index (χ0v) is 14.2. The van der Waals surface area contributed by atoms with Crippen LogP contribution in [-0.2, 0) is 5.75 Å². The van der Waals surface area contributed by atoms with Gasteiger partial charge in [-0.15, -0.1) is 0 Å². The van der Waals surface area contributed by atoms with Crippen LogP contribution in [0.1, 0.15) is 29.7 Å². The lowest BCUT2D eigenvalue weighted by Crippen LogP contribution is -2.23. The predicted octanol–water partition coefficient (Wildman–Crippen LogP) is 5.23. The summed E-state index contributed by atoms with van der Waals surface area (Å²) in [6, 6.07) is 17.3. The van der Waals surface area contributed by atoms with Crippen LogP contribution in [0.5, 0.6) is 0 Å². The van der Waals surface area contributed by atoms with E-state index in [0.717, 1.165) is 23.1 Å². The van der Waals surface area contributed by atoms with Gasteiger partial charge >= 0.3 is 0 Å². The van der Waals surface area contributed by atoms with Gasteiger partial charge in [0.2, 0.25) is 0 Å². The molecule has 0 bridgehead atoms. The fourth-order valence-electron chi connectivity index (χ4n) is 2.28. The summed E-state index contributed by atoms with van der Waals surface area (Å²) < 4.78 is 0. The number of rotatable bonds is 7. The molecule has 1 nitrogen and oxygen atoms in total. The first-order valence-electron chi connectivity index (χ1n) is 7.31. The van der Waals surface area contributed by atoms with E-state index in [0.29, 0.717) is 6.04 Å². The van der Waals surface area contributed by atoms with Gasteiger partial charge in [0.25, 0.3) is 0 Å². The summed E-state index contributed by atoms with van der Waals surface area (Å²) in [5.41, 5.74) is 4.02. The minimum Gasteiger partial charge on any atom is -0.310 e. The highest BCUT2D eigenvalue weighted by Crippen LogP contribution is 2.22. The maximum Gasteiger partial charge on any atom is 0.0411 e. The van der Waals surface area contributed by atoms with Crippen LogP contribution < -0.4 is 5.32 Å². The van der Waals surface area contributed by atoms with Gasteiger partial charge < -0.3 is 5.32 Å². The number of hydrogen-bond acceptors (Lipinski definition) is 2. The molecule has 0 spiro atoms. The first-order valence-corrected chi connectivity index (χ1v) is 8.84. The second-order valence-corrected chi connectivity index (χ2v) is 6.63. The summed E-state index contributed by atoms with van der Waals surface area (Å²) in [6.07, 6.45) is 0. The summed E-state index contributed by atoms with van der Waals surface area (Å²) in [7, 11) is 0. The van der Waals surface area contributed by atoms with Crippen molar-refractivity contribution in [3.8, 4) is 0 Å². The number of halogens is 1. The third-order valence-corrected chi connectivity index (χ3v) is 4.72. The number of hydrogen-bond donors (Lipinski definition) is 1. The predicted molar refractivity (Wildman–Crippen MR) is 95.2 cm³/mol. The zero-order chi connectivity index (χ0) is 15.1. The summed E-state index contributed by atoms with van der Waals surface area (Å²) in [5, 5.41) is 4.38. The van der Waals surface area contributed by atoms with Crippen LogP contribution in [0.15, 0.2) is 48.5 Å². The topological polar surface area (TPSA) is 12.0 Å². The molecule has 1 unspecified atom stereocenters. The average Bonchev–Trinajstić information content (AvgIpc) is 2.48. The van der Waals surface area contributed by atoms with Crippen LogP contribution in [0.2, 0.25) is 5.02 Å². The van der Waals surface area contributed by atoms with Gasteiger partial charge in [-0.2, -0.15) is 11.8 Å². The van der Waals surface area contributed by atoms with Crippen molar-refractivity contribution in [2.45, 2.75) is 25.6 Å². The molecule has 1 N–H and O–H groups in total. The lowest BCUT2D eigenvalue weighted by Gasteiger charge is -2.18. The normalized spacial score (nSPS) is 12.3. The van der Waals surface area contributed by atoms with Crippen LogP contribution in [0.4, 0.5) is 0 Å². The van der Waals surface area contributed by atoms with Crippen molar-refractivity contribution in [3.63, 3.8) is 0 Å². The Labute approximate surface area is 137 Å². The van der Waals surface area contributed by atoms with Gasteiger partial charge in [-0.1, -0.05) is 60.5 Å². The Morgan fingerprint density at radius 1 is 1.14 bits per heavy atom. The number of benzene rings is 2. The average molecular weight is 320 g/mol. The quantitative estimate of drug-likeness (QED) is 0.749. The highest BCUT2D eigenvalue weighted by molar-refractivity contribution is 7.98. The fraction of sp³-hybridized carbons (Fsp3) is 0.333. The van der Waals surface area contributed by atoms with Gasteiger partial charge in [-0.05, 0) is 36.7 Å². The molecule has 1 atom stereocenters. The largest absolute Gasteiger partial charge is 0.310 e. The third-order valence-electron chi connectivity index (χ3n) is 3.36. The number of thioether (sulfide) groups is 1. The van der Waals surface area contributed by atoms with E-state index in [4.69, 9.17) is 11.6 Å². The Morgan fingerprint density at radius 3 is 2.57 bits per heavy atom. The molecule has 0 fully saturated rings. The van der Waals surface area contributed by atoms with E-state index in [9.17, 15) is 0 Å². The molecule has 0 amide bonds. The second kappa shape index (κ2) is 8.47. The molecule has 2 aromatic rings. The van der Waals surface area contributed by atoms with Crippen molar-refractivity contribution >= 4 is 23.4 Å². The first kappa shape index (κ1) is 16.4. The highest BCUT2D eigenvalue weighted by Gasteiger charge is 2.10. The Hall–Kier alpha value is -0.960. The van der Waals surface area contributed by atoms with Crippen molar-refractivity contribution in [2.24, 2.45) is 0 Å². The number of aryl methyl sites for hydroxylation is 1. The molecule has 21 heavy (non-hydrogen) atoms. The van der Waals surface area contributed by atoms with Gasteiger partial charge in [0.15, 0.2) is 0 Å². The lowest BCUT2D eigenvalue weighted by atomic mass is 10.1. The van der Waals surface area contributed by atoms with E-state index in [2.05, 4.69) is 55.6 Å². The van der Waals surface area contributed by atoms with Crippen LogP contribution in [-0.4, -0.2) is 12.3 Å². The van der Waals surface area contributed by atoms with Crippen molar-refractivity contribution in [1.82, 2.24) is 5.32 Å². The summed E-state index contributed by atoms with van der Waals surface area (Å²) in [5.74, 6) is 2.09. The molecule has 0 aliphatic heterocycles. The number of nitrogens with one attached hydrogen (secondary N) is 1. The first-order chi connectivity index (χ1) is 10.2. The molecule has 0 saturated heterocycles. The second-order valence-electron chi connectivity index (χ2n) is 5.17. The summed E-state index contributed by atoms with van der Waals surface area (Å²) in [4.78, 5) is 0. The van der Waals surface area contributed by atoms with Gasteiger partial charge in [0.1, 0.15) is 0 Å². The molecule has 2 rings (SSSR count). The van der Waals surface area contributed by atoms with Gasteiger partial charge in [0, 0.05) is 22.6 Å². The summed E-state index contributed by atoms with van der Waals surface area (Å²) >= 11 is 7.87. The van der Waals surface area contributed by atoms with Crippen molar-refractivity contribution in [1.29, 1.82) is 0 Å². The Kier molecular flexibility index (Phi) is 6.62. The lowest BCUT2D eigenvalue weighted by molar-refractivity contribution is 0.605. The van der Waals surface area contributed by atoms with Gasteiger partial charge in [-0.25, -0.2) is 0 Å². The molecular weight excluding hydrogens is 298 g/mol. The van der Waals surface area contributed by atoms with Crippen molar-refractivity contribution in [2.75, 3.05) is 12.3 Å².